The molecule has 138 valence electrons. The third-order valence-electron chi connectivity index (χ3n) is 4.60. The van der Waals surface area contributed by atoms with Gasteiger partial charge in [-0.1, -0.05) is 6.07 Å². The molecule has 8 heteroatoms. The second-order valence-electron chi connectivity index (χ2n) is 6.31. The van der Waals surface area contributed by atoms with Gasteiger partial charge in [0.2, 0.25) is 10.0 Å². The highest BCUT2D eigenvalue weighted by Gasteiger charge is 2.26. The molecule has 1 aromatic carbocycles. The van der Waals surface area contributed by atoms with E-state index in [1.165, 1.54) is 10.4 Å². The van der Waals surface area contributed by atoms with Crippen molar-refractivity contribution < 1.29 is 17.9 Å². The molecular formula is C17H24N2O4S2. The molecule has 3 rings (SSSR count). The van der Waals surface area contributed by atoms with Crippen LogP contribution in [-0.4, -0.2) is 63.0 Å². The minimum absolute atomic E-state index is 0.193. The molecule has 25 heavy (non-hydrogen) atoms. The van der Waals surface area contributed by atoms with Crippen LogP contribution in [0.4, 0.5) is 0 Å². The second-order valence-corrected chi connectivity index (χ2v) is 9.47. The van der Waals surface area contributed by atoms with E-state index < -0.39 is 10.0 Å². The maximum Gasteiger partial charge on any atom is 0.251 e. The van der Waals surface area contributed by atoms with Crippen LogP contribution in [0.3, 0.4) is 0 Å². The lowest BCUT2D eigenvalue weighted by Crippen LogP contribution is -2.38. The molecule has 0 saturated carbocycles. The van der Waals surface area contributed by atoms with Gasteiger partial charge in [0, 0.05) is 49.9 Å². The third kappa shape index (κ3) is 4.75. The van der Waals surface area contributed by atoms with E-state index in [1.807, 2.05) is 0 Å². The number of thioether (sulfide) groups is 1. The summed E-state index contributed by atoms with van der Waals surface area (Å²) in [6, 6.07) is 6.34. The summed E-state index contributed by atoms with van der Waals surface area (Å²) >= 11 is 1.76. The fourth-order valence-corrected chi connectivity index (χ4v) is 5.65. The summed E-state index contributed by atoms with van der Waals surface area (Å²) in [5.41, 5.74) is 0.388. The number of hydrogen-bond donors (Lipinski definition) is 1. The van der Waals surface area contributed by atoms with E-state index >= 15 is 0 Å². The van der Waals surface area contributed by atoms with Crippen molar-refractivity contribution in [3.8, 4) is 0 Å². The molecule has 1 amide bonds. The van der Waals surface area contributed by atoms with Crippen LogP contribution in [0.15, 0.2) is 29.2 Å². The monoisotopic (exact) mass is 384 g/mol. The van der Waals surface area contributed by atoms with Gasteiger partial charge in [-0.25, -0.2) is 8.42 Å². The highest BCUT2D eigenvalue weighted by atomic mass is 32.2. The van der Waals surface area contributed by atoms with Crippen LogP contribution in [0.1, 0.15) is 23.2 Å². The van der Waals surface area contributed by atoms with Crippen molar-refractivity contribution in [3.05, 3.63) is 29.8 Å². The Bertz CT molecular complexity index is 696. The van der Waals surface area contributed by atoms with Gasteiger partial charge in [-0.2, -0.15) is 16.1 Å². The van der Waals surface area contributed by atoms with Crippen LogP contribution < -0.4 is 5.32 Å². The van der Waals surface area contributed by atoms with Gasteiger partial charge in [0.15, 0.2) is 0 Å². The fraction of sp³-hybridized carbons (Fsp3) is 0.588. The number of ether oxygens (including phenoxy) is 1. The van der Waals surface area contributed by atoms with Crippen molar-refractivity contribution in [2.45, 2.75) is 17.7 Å². The van der Waals surface area contributed by atoms with Gasteiger partial charge in [-0.05, 0) is 37.0 Å². The summed E-state index contributed by atoms with van der Waals surface area (Å²) in [4.78, 5) is 12.6. The van der Waals surface area contributed by atoms with Gasteiger partial charge in [-0.3, -0.25) is 4.79 Å². The van der Waals surface area contributed by atoms with Gasteiger partial charge >= 0.3 is 0 Å². The minimum atomic E-state index is -3.53. The molecular weight excluding hydrogens is 360 g/mol. The van der Waals surface area contributed by atoms with E-state index in [0.717, 1.165) is 37.6 Å². The zero-order valence-corrected chi connectivity index (χ0v) is 15.8. The number of nitrogens with zero attached hydrogens (tertiary/aromatic N) is 1. The van der Waals surface area contributed by atoms with E-state index in [1.54, 1.807) is 30.0 Å². The largest absolute Gasteiger partial charge is 0.381 e. The van der Waals surface area contributed by atoms with Crippen LogP contribution in [-0.2, 0) is 14.8 Å². The highest BCUT2D eigenvalue weighted by molar-refractivity contribution is 7.99. The number of nitrogens with one attached hydrogen (secondary N) is 1. The normalized spacial score (nSPS) is 20.3. The molecule has 0 spiro atoms. The first-order chi connectivity index (χ1) is 12.1. The summed E-state index contributed by atoms with van der Waals surface area (Å²) in [5, 5.41) is 2.92. The topological polar surface area (TPSA) is 75.7 Å². The summed E-state index contributed by atoms with van der Waals surface area (Å²) < 4.78 is 32.3. The molecule has 0 atom stereocenters. The fourth-order valence-electron chi connectivity index (χ4n) is 3.02. The van der Waals surface area contributed by atoms with Crippen molar-refractivity contribution in [2.75, 3.05) is 44.4 Å². The molecule has 1 N–H and O–H groups in total. The molecule has 0 bridgehead atoms. The first kappa shape index (κ1) is 18.7. The molecule has 0 aromatic heterocycles. The Morgan fingerprint density at radius 2 is 1.96 bits per heavy atom. The molecule has 2 aliphatic heterocycles. The summed E-state index contributed by atoms with van der Waals surface area (Å²) in [7, 11) is -3.53. The summed E-state index contributed by atoms with van der Waals surface area (Å²) in [6.07, 6.45) is 1.89. The number of carbonyl (C=O) groups is 1. The Balaban J connectivity index is 1.66. The first-order valence-electron chi connectivity index (χ1n) is 8.61. The van der Waals surface area contributed by atoms with Gasteiger partial charge in [0.25, 0.3) is 5.91 Å². The predicted molar refractivity (Wildman–Crippen MR) is 98.4 cm³/mol. The van der Waals surface area contributed by atoms with E-state index in [4.69, 9.17) is 4.74 Å². The number of sulfonamides is 1. The Hall–Kier alpha value is -1.09. The van der Waals surface area contributed by atoms with Gasteiger partial charge in [0.05, 0.1) is 4.90 Å². The maximum absolute atomic E-state index is 12.7. The van der Waals surface area contributed by atoms with E-state index in [9.17, 15) is 13.2 Å². The zero-order chi connectivity index (χ0) is 17.7. The maximum atomic E-state index is 12.7. The number of hydrogen-bond acceptors (Lipinski definition) is 5. The first-order valence-corrected chi connectivity index (χ1v) is 11.2. The van der Waals surface area contributed by atoms with Crippen LogP contribution in [0, 0.1) is 5.92 Å². The standard InChI is InChI=1S/C17H24N2O4S2/c20-17(18-13-14-4-8-23-9-5-14)15-2-1-3-16(12-15)25(21,22)19-6-10-24-11-7-19/h1-3,12,14H,4-11,13H2,(H,18,20). The van der Waals surface area contributed by atoms with Gasteiger partial charge in [-0.15, -0.1) is 0 Å². The Morgan fingerprint density at radius 1 is 1.24 bits per heavy atom. The lowest BCUT2D eigenvalue weighted by molar-refractivity contribution is 0.0642. The van der Waals surface area contributed by atoms with E-state index in [-0.39, 0.29) is 10.8 Å². The molecule has 2 fully saturated rings. The summed E-state index contributed by atoms with van der Waals surface area (Å²) in [6.45, 7) is 3.12. The highest BCUT2D eigenvalue weighted by Crippen LogP contribution is 2.21. The molecule has 0 unspecified atom stereocenters. The molecule has 0 radical (unpaired) electrons. The second kappa shape index (κ2) is 8.53. The molecule has 2 heterocycles. The predicted octanol–water partition coefficient (Wildman–Crippen LogP) is 1.58. The number of benzene rings is 1. The van der Waals surface area contributed by atoms with Crippen LogP contribution in [0.25, 0.3) is 0 Å². The Labute approximate surface area is 153 Å². The van der Waals surface area contributed by atoms with Crippen molar-refractivity contribution in [3.63, 3.8) is 0 Å². The van der Waals surface area contributed by atoms with Crippen LogP contribution in [0.5, 0.6) is 0 Å². The van der Waals surface area contributed by atoms with E-state index in [2.05, 4.69) is 5.32 Å². The van der Waals surface area contributed by atoms with Crippen molar-refractivity contribution in [2.24, 2.45) is 5.92 Å². The zero-order valence-electron chi connectivity index (χ0n) is 14.1. The summed E-state index contributed by atoms with van der Waals surface area (Å²) in [5.74, 6) is 1.82. The number of rotatable bonds is 5. The smallest absolute Gasteiger partial charge is 0.251 e. The van der Waals surface area contributed by atoms with E-state index in [0.29, 0.717) is 31.1 Å². The number of carbonyl (C=O) groups excluding carboxylic acids is 1. The molecule has 0 aliphatic carbocycles. The van der Waals surface area contributed by atoms with Crippen LogP contribution in [0.2, 0.25) is 0 Å². The van der Waals surface area contributed by atoms with Gasteiger partial charge < -0.3 is 10.1 Å². The Morgan fingerprint density at radius 3 is 2.68 bits per heavy atom. The quantitative estimate of drug-likeness (QED) is 0.834. The molecule has 1 aromatic rings. The van der Waals surface area contributed by atoms with Gasteiger partial charge in [0.1, 0.15) is 0 Å². The molecule has 6 nitrogen and oxygen atoms in total. The molecule has 2 saturated heterocycles. The SMILES string of the molecule is O=C(NCC1CCOCC1)c1cccc(S(=O)(=O)N2CCSCC2)c1. The van der Waals surface area contributed by atoms with Crippen molar-refractivity contribution >= 4 is 27.7 Å². The minimum Gasteiger partial charge on any atom is -0.381 e. The number of amides is 1. The Kier molecular flexibility index (Phi) is 6.38. The molecule has 2 aliphatic rings. The average molecular weight is 385 g/mol. The van der Waals surface area contributed by atoms with Crippen molar-refractivity contribution in [1.29, 1.82) is 0 Å². The lowest BCUT2D eigenvalue weighted by atomic mass is 10.0. The third-order valence-corrected chi connectivity index (χ3v) is 7.43. The van der Waals surface area contributed by atoms with Crippen LogP contribution >= 0.6 is 11.8 Å². The average Bonchev–Trinajstić information content (AvgIpc) is 2.67. The lowest BCUT2D eigenvalue weighted by Gasteiger charge is -2.25. The van der Waals surface area contributed by atoms with Crippen molar-refractivity contribution in [1.82, 2.24) is 9.62 Å².